The summed E-state index contributed by atoms with van der Waals surface area (Å²) in [6, 6.07) is 17.4. The molecule has 1 N–H and O–H groups in total. The number of amides is 1. The van der Waals surface area contributed by atoms with Gasteiger partial charge in [0.05, 0.1) is 18.6 Å². The molecule has 0 bridgehead atoms. The van der Waals surface area contributed by atoms with Crippen LogP contribution in [0.25, 0.3) is 0 Å². The molecule has 0 aliphatic heterocycles. The highest BCUT2D eigenvalue weighted by Gasteiger charge is 2.29. The van der Waals surface area contributed by atoms with Gasteiger partial charge in [0, 0.05) is 23.1 Å². The van der Waals surface area contributed by atoms with Gasteiger partial charge in [-0.3, -0.25) is 4.79 Å². The average Bonchev–Trinajstić information content (AvgIpc) is 2.66. The first kappa shape index (κ1) is 19.6. The summed E-state index contributed by atoms with van der Waals surface area (Å²) >= 11 is 1.47. The molecule has 0 fully saturated rings. The topological polar surface area (TPSA) is 62.1 Å². The summed E-state index contributed by atoms with van der Waals surface area (Å²) in [6.07, 6.45) is 1.44. The molecule has 0 aromatic heterocycles. The Balaban J connectivity index is 2.05. The Morgan fingerprint density at radius 1 is 1.23 bits per heavy atom. The van der Waals surface area contributed by atoms with Crippen molar-refractivity contribution in [3.05, 3.63) is 71.1 Å². The zero-order valence-corrected chi connectivity index (χ0v) is 16.0. The quantitative estimate of drug-likeness (QED) is 0.582. The molecule has 2 aromatic carbocycles. The van der Waals surface area contributed by atoms with E-state index in [1.54, 1.807) is 12.5 Å². The number of benzene rings is 2. The van der Waals surface area contributed by atoms with E-state index in [0.29, 0.717) is 6.54 Å². The molecule has 0 aliphatic rings. The van der Waals surface area contributed by atoms with E-state index in [9.17, 15) is 4.79 Å². The van der Waals surface area contributed by atoms with Crippen LogP contribution < -0.4 is 10.1 Å². The number of rotatable bonds is 7. The number of carbonyl (C=O) groups is 1. The number of hydrogen-bond donors (Lipinski definition) is 1. The van der Waals surface area contributed by atoms with Crippen LogP contribution in [0.15, 0.2) is 64.9 Å². The number of allylic oxidation sites excluding steroid dienone is 1. The van der Waals surface area contributed by atoms with Gasteiger partial charge in [-0.1, -0.05) is 42.1 Å². The lowest BCUT2D eigenvalue weighted by Gasteiger charge is -2.24. The Bertz CT molecular complexity index is 821. The van der Waals surface area contributed by atoms with E-state index < -0.39 is 5.41 Å². The summed E-state index contributed by atoms with van der Waals surface area (Å²) < 4.78 is 5.32. The fourth-order valence-corrected chi connectivity index (χ4v) is 3.05. The number of ether oxygens (including phenoxy) is 1. The van der Waals surface area contributed by atoms with Crippen LogP contribution in [-0.2, 0) is 16.8 Å². The van der Waals surface area contributed by atoms with Crippen molar-refractivity contribution in [1.82, 2.24) is 5.32 Å². The van der Waals surface area contributed by atoms with Crippen molar-refractivity contribution < 1.29 is 9.53 Å². The van der Waals surface area contributed by atoms with E-state index >= 15 is 0 Å². The smallest absolute Gasteiger partial charge is 0.230 e. The highest BCUT2D eigenvalue weighted by molar-refractivity contribution is 8.02. The second kappa shape index (κ2) is 9.12. The summed E-state index contributed by atoms with van der Waals surface area (Å²) in [6.45, 7) is 4.23. The van der Waals surface area contributed by atoms with Crippen molar-refractivity contribution >= 4 is 17.7 Å². The molecule has 5 heteroatoms. The SMILES string of the molecule is COc1ccccc1CNC(=O)C(C)(C)c1ccc(S/C=C/C#N)cc1. The van der Waals surface area contributed by atoms with Crippen molar-refractivity contribution in [2.24, 2.45) is 0 Å². The first-order valence-electron chi connectivity index (χ1n) is 8.21. The van der Waals surface area contributed by atoms with E-state index in [0.717, 1.165) is 21.8 Å². The maximum atomic E-state index is 12.7. The standard InChI is InChI=1S/C21H22N2O2S/c1-21(2,17-9-11-18(12-10-17)26-14-6-13-22)20(24)23-15-16-7-4-5-8-19(16)25-3/h4-12,14H,15H2,1-3H3,(H,23,24)/b14-6+. The number of thioether (sulfide) groups is 1. The molecular formula is C21H22N2O2S. The molecule has 0 saturated heterocycles. The number of para-hydroxylation sites is 1. The lowest BCUT2D eigenvalue weighted by Crippen LogP contribution is -2.39. The number of methoxy groups -OCH3 is 1. The molecule has 134 valence electrons. The Morgan fingerprint density at radius 2 is 1.92 bits per heavy atom. The average molecular weight is 366 g/mol. The van der Waals surface area contributed by atoms with Crippen LogP contribution in [0, 0.1) is 11.3 Å². The fourth-order valence-electron chi connectivity index (χ4n) is 2.47. The molecule has 4 nitrogen and oxygen atoms in total. The number of nitrogens with zero attached hydrogens (tertiary/aromatic N) is 1. The molecule has 0 saturated carbocycles. The van der Waals surface area contributed by atoms with Crippen molar-refractivity contribution in [3.63, 3.8) is 0 Å². The Kier molecular flexibility index (Phi) is 6.88. The van der Waals surface area contributed by atoms with E-state index in [1.807, 2.05) is 68.4 Å². The lowest BCUT2D eigenvalue weighted by molar-refractivity contribution is -0.125. The minimum absolute atomic E-state index is 0.0480. The van der Waals surface area contributed by atoms with Gasteiger partial charge in [0.25, 0.3) is 0 Å². The van der Waals surface area contributed by atoms with Gasteiger partial charge in [-0.2, -0.15) is 5.26 Å². The molecule has 0 spiro atoms. The number of nitriles is 1. The van der Waals surface area contributed by atoms with E-state index in [-0.39, 0.29) is 5.91 Å². The molecule has 0 radical (unpaired) electrons. The summed E-state index contributed by atoms with van der Waals surface area (Å²) in [5.74, 6) is 0.714. The number of hydrogen-bond acceptors (Lipinski definition) is 4. The third-order valence-corrected chi connectivity index (χ3v) is 4.94. The van der Waals surface area contributed by atoms with Gasteiger partial charge in [-0.15, -0.1) is 0 Å². The third-order valence-electron chi connectivity index (χ3n) is 4.12. The largest absolute Gasteiger partial charge is 0.496 e. The summed E-state index contributed by atoms with van der Waals surface area (Å²) in [5.41, 5.74) is 1.21. The zero-order valence-electron chi connectivity index (χ0n) is 15.2. The first-order chi connectivity index (χ1) is 12.5. The molecule has 0 unspecified atom stereocenters. The van der Waals surface area contributed by atoms with Crippen LogP contribution in [0.4, 0.5) is 0 Å². The molecule has 2 aromatic rings. The monoisotopic (exact) mass is 366 g/mol. The molecule has 26 heavy (non-hydrogen) atoms. The summed E-state index contributed by atoms with van der Waals surface area (Å²) in [7, 11) is 1.62. The van der Waals surface area contributed by atoms with Crippen LogP contribution >= 0.6 is 11.8 Å². The molecule has 0 aliphatic carbocycles. The summed E-state index contributed by atoms with van der Waals surface area (Å²) in [4.78, 5) is 13.7. The van der Waals surface area contributed by atoms with Gasteiger partial charge in [0.2, 0.25) is 5.91 Å². The van der Waals surface area contributed by atoms with Gasteiger partial charge in [0.15, 0.2) is 0 Å². The van der Waals surface area contributed by atoms with Crippen LogP contribution in [0.3, 0.4) is 0 Å². The number of carbonyl (C=O) groups excluding carboxylic acids is 1. The molecule has 0 atom stereocenters. The molecule has 2 rings (SSSR count). The van der Waals surface area contributed by atoms with Gasteiger partial charge >= 0.3 is 0 Å². The Labute approximate surface area is 158 Å². The fraction of sp³-hybridized carbons (Fsp3) is 0.238. The minimum Gasteiger partial charge on any atom is -0.496 e. The highest BCUT2D eigenvalue weighted by atomic mass is 32.2. The summed E-state index contributed by atoms with van der Waals surface area (Å²) in [5, 5.41) is 13.3. The third kappa shape index (κ3) is 4.90. The van der Waals surface area contributed by atoms with Gasteiger partial charge in [-0.25, -0.2) is 0 Å². The van der Waals surface area contributed by atoms with Crippen molar-refractivity contribution in [2.45, 2.75) is 30.7 Å². The number of nitrogens with one attached hydrogen (secondary N) is 1. The maximum Gasteiger partial charge on any atom is 0.230 e. The zero-order chi connectivity index (χ0) is 19.0. The first-order valence-corrected chi connectivity index (χ1v) is 9.09. The van der Waals surface area contributed by atoms with Crippen molar-refractivity contribution in [2.75, 3.05) is 7.11 Å². The molecular weight excluding hydrogens is 344 g/mol. The van der Waals surface area contributed by atoms with E-state index in [4.69, 9.17) is 10.00 Å². The van der Waals surface area contributed by atoms with Crippen LogP contribution in [0.1, 0.15) is 25.0 Å². The van der Waals surface area contributed by atoms with Crippen LogP contribution in [0.2, 0.25) is 0 Å². The maximum absolute atomic E-state index is 12.7. The molecule has 0 heterocycles. The normalized spacial score (nSPS) is 11.2. The predicted molar refractivity (Wildman–Crippen MR) is 105 cm³/mol. The van der Waals surface area contributed by atoms with Crippen LogP contribution in [0.5, 0.6) is 5.75 Å². The second-order valence-corrected chi connectivity index (χ2v) is 7.17. The van der Waals surface area contributed by atoms with Gasteiger partial charge < -0.3 is 10.1 Å². The Morgan fingerprint density at radius 3 is 2.58 bits per heavy atom. The Hall–Kier alpha value is -2.71. The molecule has 1 amide bonds. The van der Waals surface area contributed by atoms with E-state index in [1.165, 1.54) is 17.8 Å². The van der Waals surface area contributed by atoms with Crippen molar-refractivity contribution in [3.8, 4) is 11.8 Å². The van der Waals surface area contributed by atoms with Gasteiger partial charge in [-0.05, 0) is 43.0 Å². The lowest BCUT2D eigenvalue weighted by atomic mass is 9.83. The second-order valence-electron chi connectivity index (χ2n) is 6.19. The minimum atomic E-state index is -0.659. The van der Waals surface area contributed by atoms with Crippen molar-refractivity contribution in [1.29, 1.82) is 5.26 Å². The van der Waals surface area contributed by atoms with Crippen LogP contribution in [-0.4, -0.2) is 13.0 Å². The predicted octanol–water partition coefficient (Wildman–Crippen LogP) is 4.42. The van der Waals surface area contributed by atoms with Gasteiger partial charge in [0.1, 0.15) is 5.75 Å². The van der Waals surface area contributed by atoms with E-state index in [2.05, 4.69) is 5.32 Å². The highest BCUT2D eigenvalue weighted by Crippen LogP contribution is 2.27.